The first-order valence-corrected chi connectivity index (χ1v) is 9.81. The Morgan fingerprint density at radius 1 is 0.833 bits per heavy atom. The fourth-order valence-corrected chi connectivity index (χ4v) is 2.90. The molecule has 0 aliphatic carbocycles. The molecule has 0 aliphatic heterocycles. The van der Waals surface area contributed by atoms with Crippen LogP contribution in [-0.2, 0) is 11.2 Å². The number of benzene rings is 1. The van der Waals surface area contributed by atoms with Crippen LogP contribution in [-0.4, -0.2) is 17.4 Å². The van der Waals surface area contributed by atoms with Crippen LogP contribution in [0.1, 0.15) is 56.9 Å². The summed E-state index contributed by atoms with van der Waals surface area (Å²) in [7, 11) is 0. The van der Waals surface area contributed by atoms with Crippen molar-refractivity contribution in [3.05, 3.63) is 23.8 Å². The Bertz CT molecular complexity index is 481. The van der Waals surface area contributed by atoms with Gasteiger partial charge in [0.05, 0.1) is 0 Å². The fourth-order valence-electron chi connectivity index (χ4n) is 2.53. The molecule has 0 heterocycles. The third kappa shape index (κ3) is 9.61. The summed E-state index contributed by atoms with van der Waals surface area (Å²) in [4.78, 5) is 10.6. The second kappa shape index (κ2) is 13.6. The molecule has 0 spiro atoms. The number of hydrogen-bond donors (Lipinski definition) is 0. The summed E-state index contributed by atoms with van der Waals surface area (Å²) in [6.45, 7) is 0. The smallest absolute Gasteiger partial charge is 0.221 e. The maximum Gasteiger partial charge on any atom is 0.221 e. The number of carbonyl (C=O) groups excluding carboxylic acids is 1. The maximum absolute atomic E-state index is 10.6. The van der Waals surface area contributed by atoms with E-state index in [1.165, 1.54) is 31.2 Å². The van der Waals surface area contributed by atoms with Crippen molar-refractivity contribution in [3.63, 3.8) is 0 Å². The fraction of sp³-hybridized carbons (Fsp3) is 0.611. The first-order chi connectivity index (χ1) is 11.7. The monoisotopic (exact) mass is 394 g/mol. The normalized spacial score (nSPS) is 10.6. The lowest BCUT2D eigenvalue weighted by Gasteiger charge is -2.11. The molecule has 0 aromatic heterocycles. The molecule has 0 saturated carbocycles. The molecule has 1 aromatic rings. The predicted molar refractivity (Wildman–Crippen MR) is 101 cm³/mol. The first kappa shape index (κ1) is 21.4. The average molecular weight is 396 g/mol. The summed E-state index contributed by atoms with van der Waals surface area (Å²) < 4.78 is 10.7. The molecular formula is C18H25Cl3O3. The summed E-state index contributed by atoms with van der Waals surface area (Å²) in [5.41, 5.74) is 1.21. The molecular weight excluding hydrogens is 371 g/mol. The van der Waals surface area contributed by atoms with Gasteiger partial charge in [-0.05, 0) is 48.6 Å². The van der Waals surface area contributed by atoms with Gasteiger partial charge in [0, 0.05) is 6.42 Å². The van der Waals surface area contributed by atoms with E-state index in [0.717, 1.165) is 25.7 Å². The predicted octanol–water partition coefficient (Wildman–Crippen LogP) is 6.27. The van der Waals surface area contributed by atoms with Gasteiger partial charge in [-0.1, -0.05) is 61.4 Å². The summed E-state index contributed by atoms with van der Waals surface area (Å²) in [5, 5.41) is -0.227. The third-order valence-corrected chi connectivity index (χ3v) is 4.17. The SMILES string of the molecule is O=C(Cl)CCCCCCCCCc1ccc(OCCl)c(OCCl)c1. The van der Waals surface area contributed by atoms with Gasteiger partial charge >= 0.3 is 0 Å². The van der Waals surface area contributed by atoms with Gasteiger partial charge in [-0.2, -0.15) is 0 Å². The summed E-state index contributed by atoms with van der Waals surface area (Å²) in [6, 6.07) is 6.03. The Hall–Kier alpha value is -0.640. The van der Waals surface area contributed by atoms with E-state index in [1.54, 1.807) is 0 Å². The van der Waals surface area contributed by atoms with E-state index in [1.807, 2.05) is 18.2 Å². The van der Waals surface area contributed by atoms with Crippen molar-refractivity contribution in [2.75, 3.05) is 12.1 Å². The second-order valence-electron chi connectivity index (χ2n) is 5.62. The molecule has 0 fully saturated rings. The summed E-state index contributed by atoms with van der Waals surface area (Å²) in [6.07, 6.45) is 9.41. The van der Waals surface area contributed by atoms with Gasteiger partial charge in [0.15, 0.2) is 23.6 Å². The molecule has 0 radical (unpaired) electrons. The minimum Gasteiger partial charge on any atom is -0.474 e. The van der Waals surface area contributed by atoms with Gasteiger partial charge in [0.2, 0.25) is 5.24 Å². The van der Waals surface area contributed by atoms with Crippen molar-refractivity contribution in [1.82, 2.24) is 0 Å². The standard InChI is InChI=1S/C18H25Cl3O3/c19-13-23-16-11-10-15(12-17(16)24-14-20)8-6-4-2-1-3-5-7-9-18(21)22/h10-12H,1-9,13-14H2. The number of ether oxygens (including phenoxy) is 2. The van der Waals surface area contributed by atoms with Crippen LogP contribution >= 0.6 is 34.8 Å². The average Bonchev–Trinajstić information content (AvgIpc) is 2.55. The number of rotatable bonds is 14. The molecule has 0 saturated heterocycles. The zero-order valence-corrected chi connectivity index (χ0v) is 16.1. The van der Waals surface area contributed by atoms with Crippen molar-refractivity contribution >= 4 is 40.0 Å². The van der Waals surface area contributed by atoms with E-state index < -0.39 is 0 Å². The van der Waals surface area contributed by atoms with E-state index >= 15 is 0 Å². The molecule has 136 valence electrons. The molecule has 0 unspecified atom stereocenters. The minimum absolute atomic E-state index is 0.0804. The van der Waals surface area contributed by atoms with Crippen LogP contribution in [0.3, 0.4) is 0 Å². The van der Waals surface area contributed by atoms with Crippen molar-refractivity contribution in [1.29, 1.82) is 0 Å². The third-order valence-electron chi connectivity index (χ3n) is 3.77. The second-order valence-corrected chi connectivity index (χ2v) is 6.48. The lowest BCUT2D eigenvalue weighted by Crippen LogP contribution is -1.97. The molecule has 24 heavy (non-hydrogen) atoms. The lowest BCUT2D eigenvalue weighted by molar-refractivity contribution is -0.111. The number of alkyl halides is 2. The summed E-state index contributed by atoms with van der Waals surface area (Å²) >= 11 is 16.5. The van der Waals surface area contributed by atoms with Crippen molar-refractivity contribution in [2.24, 2.45) is 0 Å². The van der Waals surface area contributed by atoms with E-state index in [-0.39, 0.29) is 17.4 Å². The van der Waals surface area contributed by atoms with Gasteiger partial charge < -0.3 is 9.47 Å². The molecule has 0 N–H and O–H groups in total. The molecule has 0 amide bonds. The number of carbonyl (C=O) groups is 1. The number of aryl methyl sites for hydroxylation is 1. The van der Waals surface area contributed by atoms with Gasteiger partial charge in [-0.15, -0.1) is 0 Å². The highest BCUT2D eigenvalue weighted by Crippen LogP contribution is 2.29. The van der Waals surface area contributed by atoms with Gasteiger partial charge in [-0.3, -0.25) is 4.79 Å². The van der Waals surface area contributed by atoms with Crippen LogP contribution in [0.4, 0.5) is 0 Å². The van der Waals surface area contributed by atoms with E-state index in [4.69, 9.17) is 44.3 Å². The van der Waals surface area contributed by atoms with Crippen LogP contribution in [0.2, 0.25) is 0 Å². The quantitative estimate of drug-likeness (QED) is 0.212. The molecule has 0 bridgehead atoms. The Balaban J connectivity index is 2.20. The Morgan fingerprint density at radius 2 is 1.42 bits per heavy atom. The van der Waals surface area contributed by atoms with Crippen LogP contribution in [0.5, 0.6) is 11.5 Å². The minimum atomic E-state index is -0.227. The molecule has 6 heteroatoms. The summed E-state index contributed by atoms with van der Waals surface area (Å²) in [5.74, 6) is 1.25. The van der Waals surface area contributed by atoms with E-state index in [2.05, 4.69) is 0 Å². The van der Waals surface area contributed by atoms with Gasteiger partial charge in [0.1, 0.15) is 0 Å². The lowest BCUT2D eigenvalue weighted by atomic mass is 10.0. The largest absolute Gasteiger partial charge is 0.474 e. The highest BCUT2D eigenvalue weighted by atomic mass is 35.5. The number of unbranched alkanes of at least 4 members (excludes halogenated alkanes) is 6. The van der Waals surface area contributed by atoms with E-state index in [0.29, 0.717) is 17.9 Å². The Morgan fingerprint density at radius 3 is 2.04 bits per heavy atom. The topological polar surface area (TPSA) is 35.5 Å². The van der Waals surface area contributed by atoms with Crippen LogP contribution in [0.15, 0.2) is 18.2 Å². The van der Waals surface area contributed by atoms with Crippen molar-refractivity contribution in [2.45, 2.75) is 57.8 Å². The number of halogens is 3. The molecule has 1 aromatic carbocycles. The molecule has 3 nitrogen and oxygen atoms in total. The van der Waals surface area contributed by atoms with Crippen LogP contribution in [0, 0.1) is 0 Å². The zero-order valence-electron chi connectivity index (χ0n) is 13.9. The molecule has 1 rings (SSSR count). The molecule has 0 atom stereocenters. The van der Waals surface area contributed by atoms with E-state index in [9.17, 15) is 4.79 Å². The van der Waals surface area contributed by atoms with Gasteiger partial charge in [-0.25, -0.2) is 0 Å². The number of hydrogen-bond acceptors (Lipinski definition) is 3. The first-order valence-electron chi connectivity index (χ1n) is 8.36. The Kier molecular flexibility index (Phi) is 12.2. The van der Waals surface area contributed by atoms with Crippen LogP contribution in [0.25, 0.3) is 0 Å². The van der Waals surface area contributed by atoms with Crippen LogP contribution < -0.4 is 9.47 Å². The maximum atomic E-state index is 10.6. The van der Waals surface area contributed by atoms with Crippen molar-refractivity contribution in [3.8, 4) is 11.5 Å². The van der Waals surface area contributed by atoms with Gasteiger partial charge in [0.25, 0.3) is 0 Å². The zero-order chi connectivity index (χ0) is 17.6. The Labute approximate surface area is 159 Å². The molecule has 0 aliphatic rings. The highest BCUT2D eigenvalue weighted by molar-refractivity contribution is 6.63. The highest BCUT2D eigenvalue weighted by Gasteiger charge is 2.06. The van der Waals surface area contributed by atoms with Crippen molar-refractivity contribution < 1.29 is 14.3 Å².